The van der Waals surface area contributed by atoms with E-state index in [2.05, 4.69) is 89.9 Å². The molecule has 5 heteroatoms. The summed E-state index contributed by atoms with van der Waals surface area (Å²) in [5.74, 6) is 1.96. The Balaban J connectivity index is 1.11. The molecule has 0 saturated heterocycles. The molecule has 0 aliphatic rings. The summed E-state index contributed by atoms with van der Waals surface area (Å²) in [5.41, 5.74) is 7.52. The molecule has 0 saturated carbocycles. The van der Waals surface area contributed by atoms with Crippen LogP contribution in [-0.2, 0) is 0 Å². The molecule has 0 fully saturated rings. The molecule has 9 aromatic rings. The molecule has 9 rings (SSSR count). The minimum Gasteiger partial charge on any atom is -0.263 e. The Morgan fingerprint density at radius 3 is 1.77 bits per heavy atom. The Bertz CT molecular complexity index is 2500. The van der Waals surface area contributed by atoms with Crippen LogP contribution in [0.25, 0.3) is 87.4 Å². The molecule has 0 N–H and O–H groups in total. The summed E-state index contributed by atoms with van der Waals surface area (Å²) in [6.07, 6.45) is 3.85. The normalized spacial score (nSPS) is 11.4. The monoisotopic (exact) mass is 618 g/mol. The van der Waals surface area contributed by atoms with Gasteiger partial charge in [-0.15, -0.1) is 11.3 Å². The molecular weight excluding hydrogens is 593 g/mol. The van der Waals surface area contributed by atoms with Gasteiger partial charge in [-0.3, -0.25) is 4.98 Å². The fraction of sp³-hybridized carbons (Fsp3) is 0. The van der Waals surface area contributed by atoms with Gasteiger partial charge in [-0.1, -0.05) is 133 Å². The van der Waals surface area contributed by atoms with Crippen LogP contribution in [0.1, 0.15) is 0 Å². The van der Waals surface area contributed by atoms with Gasteiger partial charge >= 0.3 is 0 Å². The zero-order valence-electron chi connectivity index (χ0n) is 25.2. The van der Waals surface area contributed by atoms with E-state index in [9.17, 15) is 0 Å². The van der Waals surface area contributed by atoms with Crippen molar-refractivity contribution in [2.45, 2.75) is 0 Å². The van der Waals surface area contributed by atoms with Crippen LogP contribution < -0.4 is 0 Å². The molecule has 3 heterocycles. The first kappa shape index (κ1) is 27.3. The second kappa shape index (κ2) is 11.4. The first-order valence-electron chi connectivity index (χ1n) is 15.5. The van der Waals surface area contributed by atoms with E-state index in [1.54, 1.807) is 0 Å². The lowest BCUT2D eigenvalue weighted by Crippen LogP contribution is -2.00. The van der Waals surface area contributed by atoms with E-state index in [1.165, 1.54) is 42.1 Å². The molecule has 0 aliphatic carbocycles. The zero-order valence-corrected chi connectivity index (χ0v) is 26.0. The Kier molecular flexibility index (Phi) is 6.61. The second-order valence-electron chi connectivity index (χ2n) is 11.5. The molecule has 0 radical (unpaired) electrons. The quantitative estimate of drug-likeness (QED) is 0.193. The van der Waals surface area contributed by atoms with Gasteiger partial charge in [0.15, 0.2) is 17.5 Å². The lowest BCUT2D eigenvalue weighted by atomic mass is 9.95. The van der Waals surface area contributed by atoms with Gasteiger partial charge in [-0.25, -0.2) is 15.0 Å². The van der Waals surface area contributed by atoms with Crippen LogP contribution in [0, 0.1) is 0 Å². The molecule has 0 bridgehead atoms. The van der Waals surface area contributed by atoms with Crippen molar-refractivity contribution in [3.63, 3.8) is 0 Å². The number of aromatic nitrogens is 4. The van der Waals surface area contributed by atoms with Gasteiger partial charge in [0.2, 0.25) is 0 Å². The van der Waals surface area contributed by atoms with Crippen LogP contribution in [0.4, 0.5) is 0 Å². The van der Waals surface area contributed by atoms with E-state index in [-0.39, 0.29) is 0 Å². The number of hydrogen-bond acceptors (Lipinski definition) is 5. The summed E-state index contributed by atoms with van der Waals surface area (Å²) in [6, 6.07) is 50.7. The number of hydrogen-bond donors (Lipinski definition) is 0. The standard InChI is InChI=1S/C42H26N4S/c1-3-9-30(10-4-1)40-44-41(31-11-5-2-6-12-31)46-42(45-40)33-15-7-14-32(25-33)27-17-19-28(20-18-27)34-16-8-13-29-21-22-36-35-23-24-43-26-37(35)47-39(36)38(29)34/h1-26H. The van der Waals surface area contributed by atoms with Gasteiger partial charge in [0.1, 0.15) is 0 Å². The van der Waals surface area contributed by atoms with Crippen LogP contribution >= 0.6 is 11.3 Å². The highest BCUT2D eigenvalue weighted by molar-refractivity contribution is 7.26. The van der Waals surface area contributed by atoms with Crippen LogP contribution in [-0.4, -0.2) is 19.9 Å². The van der Waals surface area contributed by atoms with Gasteiger partial charge in [0.05, 0.1) is 4.70 Å². The van der Waals surface area contributed by atoms with Gasteiger partial charge in [0, 0.05) is 49.9 Å². The number of fused-ring (bicyclic) bond motifs is 5. The van der Waals surface area contributed by atoms with Crippen molar-refractivity contribution >= 4 is 42.3 Å². The van der Waals surface area contributed by atoms with Crippen LogP contribution in [0.5, 0.6) is 0 Å². The summed E-state index contributed by atoms with van der Waals surface area (Å²) in [6.45, 7) is 0. The smallest absolute Gasteiger partial charge is 0.164 e. The first-order valence-corrected chi connectivity index (χ1v) is 16.4. The summed E-state index contributed by atoms with van der Waals surface area (Å²) in [4.78, 5) is 19.1. The third kappa shape index (κ3) is 4.94. The van der Waals surface area contributed by atoms with E-state index < -0.39 is 0 Å². The lowest BCUT2D eigenvalue weighted by molar-refractivity contribution is 1.07. The third-order valence-corrected chi connectivity index (χ3v) is 9.81. The average Bonchev–Trinajstić information content (AvgIpc) is 3.54. The maximum atomic E-state index is 4.93. The molecule has 0 unspecified atom stereocenters. The van der Waals surface area contributed by atoms with E-state index in [1.807, 2.05) is 84.4 Å². The Morgan fingerprint density at radius 2 is 1.04 bits per heavy atom. The van der Waals surface area contributed by atoms with Gasteiger partial charge in [-0.2, -0.15) is 0 Å². The molecule has 6 aromatic carbocycles. The molecule has 0 atom stereocenters. The summed E-state index contributed by atoms with van der Waals surface area (Å²) < 4.78 is 2.52. The van der Waals surface area contributed by atoms with E-state index in [4.69, 9.17) is 15.0 Å². The van der Waals surface area contributed by atoms with Crippen molar-refractivity contribution < 1.29 is 0 Å². The molecule has 220 valence electrons. The third-order valence-electron chi connectivity index (χ3n) is 8.63. The van der Waals surface area contributed by atoms with Crippen LogP contribution in [0.3, 0.4) is 0 Å². The zero-order chi connectivity index (χ0) is 31.2. The molecule has 0 aliphatic heterocycles. The van der Waals surface area contributed by atoms with Gasteiger partial charge in [-0.05, 0) is 39.8 Å². The van der Waals surface area contributed by atoms with E-state index in [0.717, 1.165) is 27.8 Å². The van der Waals surface area contributed by atoms with Gasteiger partial charge < -0.3 is 0 Å². The maximum absolute atomic E-state index is 4.93. The highest BCUT2D eigenvalue weighted by Crippen LogP contribution is 2.42. The molecule has 47 heavy (non-hydrogen) atoms. The molecule has 0 spiro atoms. The predicted octanol–water partition coefficient (Wildman–Crippen LogP) is 11.1. The van der Waals surface area contributed by atoms with Crippen molar-refractivity contribution in [1.29, 1.82) is 0 Å². The highest BCUT2D eigenvalue weighted by atomic mass is 32.1. The number of nitrogens with zero attached hydrogens (tertiary/aromatic N) is 4. The fourth-order valence-corrected chi connectivity index (χ4v) is 7.56. The molecule has 3 aromatic heterocycles. The fourth-order valence-electron chi connectivity index (χ4n) is 6.32. The maximum Gasteiger partial charge on any atom is 0.164 e. The van der Waals surface area contributed by atoms with Gasteiger partial charge in [0.25, 0.3) is 0 Å². The minimum atomic E-state index is 0.648. The van der Waals surface area contributed by atoms with E-state index >= 15 is 0 Å². The Morgan fingerprint density at radius 1 is 0.426 bits per heavy atom. The molecule has 0 amide bonds. The van der Waals surface area contributed by atoms with Crippen LogP contribution in [0.2, 0.25) is 0 Å². The number of rotatable bonds is 5. The topological polar surface area (TPSA) is 51.6 Å². The van der Waals surface area contributed by atoms with Crippen molar-refractivity contribution in [2.24, 2.45) is 0 Å². The number of thiophene rings is 1. The largest absolute Gasteiger partial charge is 0.263 e. The Hall–Kier alpha value is -6.04. The lowest BCUT2D eigenvalue weighted by Gasteiger charge is -2.11. The van der Waals surface area contributed by atoms with Crippen molar-refractivity contribution in [3.05, 3.63) is 158 Å². The van der Waals surface area contributed by atoms with E-state index in [0.29, 0.717) is 17.5 Å². The molecule has 4 nitrogen and oxygen atoms in total. The van der Waals surface area contributed by atoms with Crippen LogP contribution in [0.15, 0.2) is 158 Å². The average molecular weight is 619 g/mol. The highest BCUT2D eigenvalue weighted by Gasteiger charge is 2.15. The summed E-state index contributed by atoms with van der Waals surface area (Å²) >= 11 is 1.82. The minimum absolute atomic E-state index is 0.648. The predicted molar refractivity (Wildman–Crippen MR) is 195 cm³/mol. The van der Waals surface area contributed by atoms with Crippen molar-refractivity contribution in [3.8, 4) is 56.4 Å². The number of benzene rings is 6. The number of pyridine rings is 1. The summed E-state index contributed by atoms with van der Waals surface area (Å²) in [7, 11) is 0. The van der Waals surface area contributed by atoms with Crippen molar-refractivity contribution in [1.82, 2.24) is 19.9 Å². The Labute approximate surface area is 275 Å². The van der Waals surface area contributed by atoms with Crippen molar-refractivity contribution in [2.75, 3.05) is 0 Å². The second-order valence-corrected chi connectivity index (χ2v) is 12.6. The molecular formula is C42H26N4S. The first-order chi connectivity index (χ1) is 23.3. The summed E-state index contributed by atoms with van der Waals surface area (Å²) in [5, 5.41) is 5.08. The SMILES string of the molecule is c1ccc(-c2nc(-c3ccccc3)nc(-c3cccc(-c4ccc(-c5cccc6ccc7c8ccncc8sc7c56)cc4)c3)n2)cc1.